The van der Waals surface area contributed by atoms with Gasteiger partial charge in [0.2, 0.25) is 5.91 Å². The topological polar surface area (TPSA) is 102 Å². The summed E-state index contributed by atoms with van der Waals surface area (Å²) < 4.78 is 9.87. The quantitative estimate of drug-likeness (QED) is 0.551. The Kier molecular flexibility index (Phi) is 4.62. The molecule has 7 nitrogen and oxygen atoms in total. The van der Waals surface area contributed by atoms with E-state index in [-0.39, 0.29) is 29.3 Å². The minimum absolute atomic E-state index is 0.00626. The Hall–Kier alpha value is -3.35. The van der Waals surface area contributed by atoms with Gasteiger partial charge in [-0.2, -0.15) is 0 Å². The predicted molar refractivity (Wildman–Crippen MR) is 95.3 cm³/mol. The molecule has 1 heterocycles. The Bertz CT molecular complexity index is 1010. The largest absolute Gasteiger partial charge is 0.506 e. The van der Waals surface area contributed by atoms with Crippen molar-refractivity contribution in [2.75, 3.05) is 12.4 Å². The average molecular weight is 354 g/mol. The van der Waals surface area contributed by atoms with Crippen molar-refractivity contribution >= 4 is 28.5 Å². The Balaban J connectivity index is 1.77. The normalized spacial score (nSPS) is 10.7. The summed E-state index contributed by atoms with van der Waals surface area (Å²) in [6.45, 7) is 3.96. The summed E-state index contributed by atoms with van der Waals surface area (Å²) in [6, 6.07) is 7.95. The summed E-state index contributed by atoms with van der Waals surface area (Å²) in [5, 5.41) is 17.3. The Morgan fingerprint density at radius 3 is 2.62 bits per heavy atom. The molecule has 134 valence electrons. The van der Waals surface area contributed by atoms with Crippen LogP contribution >= 0.6 is 0 Å². The van der Waals surface area contributed by atoms with Gasteiger partial charge in [0.25, 0.3) is 0 Å². The van der Waals surface area contributed by atoms with Crippen molar-refractivity contribution < 1.29 is 24.0 Å². The second-order valence-electron chi connectivity index (χ2n) is 6.01. The molecule has 3 aromatic rings. The van der Waals surface area contributed by atoms with Gasteiger partial charge in [0, 0.05) is 5.39 Å². The van der Waals surface area contributed by atoms with Gasteiger partial charge in [0.05, 0.1) is 24.8 Å². The first-order chi connectivity index (χ1) is 12.4. The molecule has 0 spiro atoms. The lowest BCUT2D eigenvalue weighted by Gasteiger charge is -2.08. The number of anilines is 1. The highest BCUT2D eigenvalue weighted by atomic mass is 16.5. The molecule has 0 fully saturated rings. The third-order valence-corrected chi connectivity index (χ3v) is 4.18. The minimum Gasteiger partial charge on any atom is -0.506 e. The first-order valence-electron chi connectivity index (χ1n) is 7.95. The standard InChI is InChI=1S/C19H18N2O5/c1-10-6-13-15(21-26-17(13)7-11(10)2)9-18(23)20-14-5-4-12(8-16(14)22)19(24)25-3/h4-8,22H,9H2,1-3H3,(H,20,23). The van der Waals surface area contributed by atoms with Crippen molar-refractivity contribution in [1.82, 2.24) is 5.16 Å². The molecule has 0 atom stereocenters. The predicted octanol–water partition coefficient (Wildman–Crippen LogP) is 3.12. The van der Waals surface area contributed by atoms with Crippen LogP contribution < -0.4 is 5.32 Å². The summed E-state index contributed by atoms with van der Waals surface area (Å²) in [5.41, 5.74) is 3.70. The monoisotopic (exact) mass is 354 g/mol. The zero-order valence-corrected chi connectivity index (χ0v) is 14.6. The second-order valence-corrected chi connectivity index (χ2v) is 6.01. The van der Waals surface area contributed by atoms with E-state index in [4.69, 9.17) is 4.52 Å². The van der Waals surface area contributed by atoms with Crippen LogP contribution in [0.15, 0.2) is 34.9 Å². The van der Waals surface area contributed by atoms with Crippen molar-refractivity contribution in [2.45, 2.75) is 20.3 Å². The van der Waals surface area contributed by atoms with Crippen molar-refractivity contribution in [3.63, 3.8) is 0 Å². The molecule has 0 bridgehead atoms. The van der Waals surface area contributed by atoms with Gasteiger partial charge in [-0.15, -0.1) is 0 Å². The van der Waals surface area contributed by atoms with E-state index < -0.39 is 5.97 Å². The number of carbonyl (C=O) groups excluding carboxylic acids is 2. The van der Waals surface area contributed by atoms with E-state index in [1.54, 1.807) is 0 Å². The fourth-order valence-electron chi connectivity index (χ4n) is 2.60. The zero-order valence-electron chi connectivity index (χ0n) is 14.6. The SMILES string of the molecule is COC(=O)c1ccc(NC(=O)Cc2noc3cc(C)c(C)cc23)c(O)c1. The Morgan fingerprint density at radius 2 is 1.92 bits per heavy atom. The molecule has 7 heteroatoms. The van der Waals surface area contributed by atoms with Crippen molar-refractivity contribution in [3.8, 4) is 5.75 Å². The van der Waals surface area contributed by atoms with Crippen LogP contribution in [-0.2, 0) is 16.0 Å². The fourth-order valence-corrected chi connectivity index (χ4v) is 2.60. The number of nitrogens with one attached hydrogen (secondary N) is 1. The fraction of sp³-hybridized carbons (Fsp3) is 0.211. The molecule has 0 saturated heterocycles. The molecule has 1 aromatic heterocycles. The number of nitrogens with zero attached hydrogens (tertiary/aromatic N) is 1. The van der Waals surface area contributed by atoms with Crippen LogP contribution in [0.1, 0.15) is 27.2 Å². The third-order valence-electron chi connectivity index (χ3n) is 4.18. The number of benzene rings is 2. The van der Waals surface area contributed by atoms with E-state index in [1.165, 1.54) is 25.3 Å². The van der Waals surface area contributed by atoms with Crippen molar-refractivity contribution in [3.05, 3.63) is 52.7 Å². The molecule has 0 aliphatic heterocycles. The Labute approximate surface area is 149 Å². The van der Waals surface area contributed by atoms with E-state index >= 15 is 0 Å². The number of aromatic hydroxyl groups is 1. The highest BCUT2D eigenvalue weighted by molar-refractivity contribution is 5.97. The summed E-state index contributed by atoms with van der Waals surface area (Å²) in [5.74, 6) is -1.16. The van der Waals surface area contributed by atoms with E-state index in [9.17, 15) is 14.7 Å². The van der Waals surface area contributed by atoms with Crippen molar-refractivity contribution in [1.29, 1.82) is 0 Å². The number of fused-ring (bicyclic) bond motifs is 1. The molecule has 1 amide bonds. The van der Waals surface area contributed by atoms with Crippen LogP contribution in [0.3, 0.4) is 0 Å². The van der Waals surface area contributed by atoms with Crippen LogP contribution in [0, 0.1) is 13.8 Å². The van der Waals surface area contributed by atoms with Crippen molar-refractivity contribution in [2.24, 2.45) is 0 Å². The van der Waals surface area contributed by atoms with Gasteiger partial charge in [0.1, 0.15) is 11.4 Å². The smallest absolute Gasteiger partial charge is 0.337 e. The number of methoxy groups -OCH3 is 1. The number of ether oxygens (including phenoxy) is 1. The van der Waals surface area contributed by atoms with E-state index in [0.29, 0.717) is 11.3 Å². The maximum atomic E-state index is 12.3. The summed E-state index contributed by atoms with van der Waals surface area (Å²) in [6.07, 6.45) is -0.00626. The number of hydrogen-bond donors (Lipinski definition) is 2. The lowest BCUT2D eigenvalue weighted by molar-refractivity contribution is -0.115. The first kappa shape index (κ1) is 17.5. The maximum absolute atomic E-state index is 12.3. The van der Waals surface area contributed by atoms with E-state index in [0.717, 1.165) is 16.5 Å². The lowest BCUT2D eigenvalue weighted by Crippen LogP contribution is -2.15. The maximum Gasteiger partial charge on any atom is 0.337 e. The molecule has 0 saturated carbocycles. The van der Waals surface area contributed by atoms with E-state index in [2.05, 4.69) is 15.2 Å². The molecule has 2 aromatic carbocycles. The highest BCUT2D eigenvalue weighted by Gasteiger charge is 2.16. The molecule has 0 aliphatic rings. The van der Waals surface area contributed by atoms with Gasteiger partial charge < -0.3 is 19.7 Å². The number of rotatable bonds is 4. The molecular weight excluding hydrogens is 336 g/mol. The van der Waals surface area contributed by atoms with Crippen LogP contribution in [0.2, 0.25) is 0 Å². The number of aryl methyl sites for hydroxylation is 2. The molecule has 26 heavy (non-hydrogen) atoms. The minimum atomic E-state index is -0.571. The van der Waals surface area contributed by atoms with Gasteiger partial charge in [-0.05, 0) is 55.3 Å². The summed E-state index contributed by atoms with van der Waals surface area (Å²) in [4.78, 5) is 23.8. The summed E-state index contributed by atoms with van der Waals surface area (Å²) >= 11 is 0. The van der Waals surface area contributed by atoms with Gasteiger partial charge in [0.15, 0.2) is 5.58 Å². The zero-order chi connectivity index (χ0) is 18.8. The number of aromatic nitrogens is 1. The van der Waals surface area contributed by atoms with E-state index in [1.807, 2.05) is 26.0 Å². The molecule has 0 unspecified atom stereocenters. The van der Waals surface area contributed by atoms with Gasteiger partial charge in [-0.3, -0.25) is 4.79 Å². The molecule has 0 aliphatic carbocycles. The molecular formula is C19H18N2O5. The van der Waals surface area contributed by atoms with Gasteiger partial charge in [-0.1, -0.05) is 5.16 Å². The van der Waals surface area contributed by atoms with Crippen LogP contribution in [0.5, 0.6) is 5.75 Å². The number of carbonyl (C=O) groups is 2. The third kappa shape index (κ3) is 3.37. The molecule has 2 N–H and O–H groups in total. The van der Waals surface area contributed by atoms with Gasteiger partial charge in [-0.25, -0.2) is 4.79 Å². The van der Waals surface area contributed by atoms with Crippen LogP contribution in [-0.4, -0.2) is 29.2 Å². The second kappa shape index (κ2) is 6.87. The molecule has 0 radical (unpaired) electrons. The highest BCUT2D eigenvalue weighted by Crippen LogP contribution is 2.26. The average Bonchev–Trinajstić information content (AvgIpc) is 2.98. The van der Waals surface area contributed by atoms with Crippen LogP contribution in [0.25, 0.3) is 11.0 Å². The Morgan fingerprint density at radius 1 is 1.19 bits per heavy atom. The first-order valence-corrected chi connectivity index (χ1v) is 7.95. The number of hydrogen-bond acceptors (Lipinski definition) is 6. The summed E-state index contributed by atoms with van der Waals surface area (Å²) in [7, 11) is 1.25. The number of phenolic OH excluding ortho intramolecular Hbond substituents is 1. The number of phenols is 1. The van der Waals surface area contributed by atoms with Crippen LogP contribution in [0.4, 0.5) is 5.69 Å². The molecule has 3 rings (SSSR count). The number of esters is 1. The lowest BCUT2D eigenvalue weighted by atomic mass is 10.1. The van der Waals surface area contributed by atoms with Gasteiger partial charge >= 0.3 is 5.97 Å². The number of amides is 1.